The molecule has 1 aromatic carbocycles. The Kier molecular flexibility index (Phi) is 5.67. The summed E-state index contributed by atoms with van der Waals surface area (Å²) < 4.78 is 11.7. The number of hydrogen-bond donors (Lipinski definition) is 1. The van der Waals surface area contributed by atoms with Crippen molar-refractivity contribution >= 4 is 16.9 Å². The maximum absolute atomic E-state index is 12.3. The van der Waals surface area contributed by atoms with Crippen molar-refractivity contribution in [3.8, 4) is 5.75 Å². The van der Waals surface area contributed by atoms with E-state index in [-0.39, 0.29) is 18.6 Å². The first-order valence-electron chi connectivity index (χ1n) is 10.4. The average molecular weight is 370 g/mol. The number of benzene rings is 1. The molecule has 146 valence electrons. The molecular weight excluding hydrogens is 340 g/mol. The molecule has 2 heterocycles. The van der Waals surface area contributed by atoms with Gasteiger partial charge >= 0.3 is 0 Å². The lowest BCUT2D eigenvalue weighted by Crippen LogP contribution is -2.46. The predicted molar refractivity (Wildman–Crippen MR) is 106 cm³/mol. The number of furan rings is 1. The van der Waals surface area contributed by atoms with Gasteiger partial charge in [0.25, 0.3) is 5.91 Å². The second-order valence-corrected chi connectivity index (χ2v) is 7.84. The number of nitrogens with one attached hydrogen (secondary N) is 1. The number of fused-ring (bicyclic) bond motifs is 3. The molecule has 2 aliphatic rings. The molecule has 1 fully saturated rings. The van der Waals surface area contributed by atoms with Crippen molar-refractivity contribution in [2.45, 2.75) is 57.9 Å². The Bertz CT molecular complexity index is 790. The Morgan fingerprint density at radius 1 is 1.26 bits per heavy atom. The zero-order valence-electron chi connectivity index (χ0n) is 16.3. The Labute approximate surface area is 161 Å². The Morgan fingerprint density at radius 2 is 2.07 bits per heavy atom. The van der Waals surface area contributed by atoms with Gasteiger partial charge in [-0.3, -0.25) is 4.79 Å². The van der Waals surface area contributed by atoms with Crippen LogP contribution in [0.2, 0.25) is 0 Å². The van der Waals surface area contributed by atoms with E-state index in [4.69, 9.17) is 9.15 Å². The minimum atomic E-state index is -0.0294. The van der Waals surface area contributed by atoms with Gasteiger partial charge in [-0.25, -0.2) is 0 Å². The topological polar surface area (TPSA) is 54.7 Å². The molecule has 1 aliphatic carbocycles. The van der Waals surface area contributed by atoms with Gasteiger partial charge in [-0.15, -0.1) is 0 Å². The summed E-state index contributed by atoms with van der Waals surface area (Å²) >= 11 is 0. The van der Waals surface area contributed by atoms with E-state index in [0.29, 0.717) is 0 Å². The molecular formula is C22H30N2O3. The number of hydrogen-bond acceptors (Lipinski definition) is 4. The van der Waals surface area contributed by atoms with E-state index >= 15 is 0 Å². The van der Waals surface area contributed by atoms with Gasteiger partial charge in [0, 0.05) is 36.5 Å². The summed E-state index contributed by atoms with van der Waals surface area (Å²) in [6.07, 6.45) is 7.76. The summed E-state index contributed by atoms with van der Waals surface area (Å²) in [5.41, 5.74) is 2.25. The van der Waals surface area contributed by atoms with Crippen LogP contribution in [0.4, 0.5) is 0 Å². The number of piperidine rings is 1. The van der Waals surface area contributed by atoms with Gasteiger partial charge in [-0.05, 0) is 63.3 Å². The monoisotopic (exact) mass is 370 g/mol. The molecule has 0 bridgehead atoms. The van der Waals surface area contributed by atoms with E-state index in [1.165, 1.54) is 24.8 Å². The highest BCUT2D eigenvalue weighted by atomic mass is 16.5. The highest BCUT2D eigenvalue weighted by molar-refractivity contribution is 5.84. The zero-order chi connectivity index (χ0) is 18.6. The van der Waals surface area contributed by atoms with Crippen LogP contribution in [0.3, 0.4) is 0 Å². The minimum absolute atomic E-state index is 0.0294. The summed E-state index contributed by atoms with van der Waals surface area (Å²) in [4.78, 5) is 14.7. The van der Waals surface area contributed by atoms with E-state index in [1.807, 2.05) is 18.2 Å². The van der Waals surface area contributed by atoms with Crippen molar-refractivity contribution in [2.75, 3.05) is 26.2 Å². The molecule has 2 aromatic rings. The first-order chi connectivity index (χ1) is 13.2. The van der Waals surface area contributed by atoms with Gasteiger partial charge in [0.2, 0.25) is 0 Å². The number of amides is 1. The van der Waals surface area contributed by atoms with Gasteiger partial charge in [0.15, 0.2) is 6.61 Å². The van der Waals surface area contributed by atoms with Crippen molar-refractivity contribution in [3.63, 3.8) is 0 Å². The minimum Gasteiger partial charge on any atom is -0.484 e. The lowest BCUT2D eigenvalue weighted by Gasteiger charge is -2.32. The molecule has 0 spiro atoms. The molecule has 0 unspecified atom stereocenters. The summed E-state index contributed by atoms with van der Waals surface area (Å²) in [6.45, 7) is 5.58. The molecule has 4 rings (SSSR count). The lowest BCUT2D eigenvalue weighted by molar-refractivity contribution is -0.124. The maximum Gasteiger partial charge on any atom is 0.258 e. The number of rotatable bonds is 6. The van der Waals surface area contributed by atoms with Gasteiger partial charge in [-0.2, -0.15) is 0 Å². The van der Waals surface area contributed by atoms with Crippen LogP contribution in [0.1, 0.15) is 50.4 Å². The third-order valence-electron chi connectivity index (χ3n) is 5.79. The van der Waals surface area contributed by atoms with Crippen LogP contribution in [0, 0.1) is 0 Å². The number of carbonyl (C=O) groups excluding carboxylic acids is 1. The second-order valence-electron chi connectivity index (χ2n) is 7.84. The van der Waals surface area contributed by atoms with Crippen molar-refractivity contribution in [1.29, 1.82) is 0 Å². The van der Waals surface area contributed by atoms with Crippen molar-refractivity contribution < 1.29 is 13.9 Å². The number of likely N-dealkylation sites (tertiary alicyclic amines) is 1. The molecule has 5 heteroatoms. The van der Waals surface area contributed by atoms with Crippen molar-refractivity contribution in [2.24, 2.45) is 0 Å². The molecule has 0 atom stereocenters. The van der Waals surface area contributed by atoms with Crippen LogP contribution in [-0.4, -0.2) is 43.1 Å². The van der Waals surface area contributed by atoms with Crippen LogP contribution in [-0.2, 0) is 17.6 Å². The second kappa shape index (κ2) is 8.34. The normalized spacial score (nSPS) is 18.4. The molecule has 1 amide bonds. The van der Waals surface area contributed by atoms with Crippen LogP contribution in [0.25, 0.3) is 11.0 Å². The fourth-order valence-corrected chi connectivity index (χ4v) is 4.37. The van der Waals surface area contributed by atoms with E-state index in [2.05, 4.69) is 17.1 Å². The molecule has 0 radical (unpaired) electrons. The molecule has 5 nitrogen and oxygen atoms in total. The fourth-order valence-electron chi connectivity index (χ4n) is 4.37. The maximum atomic E-state index is 12.3. The van der Waals surface area contributed by atoms with Crippen LogP contribution >= 0.6 is 0 Å². The Morgan fingerprint density at radius 3 is 2.89 bits per heavy atom. The van der Waals surface area contributed by atoms with Gasteiger partial charge < -0.3 is 19.4 Å². The Balaban J connectivity index is 1.30. The van der Waals surface area contributed by atoms with E-state index in [0.717, 1.165) is 67.8 Å². The molecule has 1 saturated heterocycles. The zero-order valence-corrected chi connectivity index (χ0v) is 16.3. The third kappa shape index (κ3) is 4.29. The largest absolute Gasteiger partial charge is 0.484 e. The first kappa shape index (κ1) is 18.4. The number of nitrogens with zero attached hydrogens (tertiary/aromatic N) is 1. The van der Waals surface area contributed by atoms with E-state index < -0.39 is 0 Å². The molecule has 1 N–H and O–H groups in total. The number of aryl methyl sites for hydroxylation is 2. The lowest BCUT2D eigenvalue weighted by atomic mass is 9.96. The summed E-state index contributed by atoms with van der Waals surface area (Å²) in [6, 6.07) is 6.16. The fraction of sp³-hybridized carbons (Fsp3) is 0.591. The van der Waals surface area contributed by atoms with Crippen molar-refractivity contribution in [1.82, 2.24) is 10.2 Å². The SMILES string of the molecule is CCCN1CCC(NC(=O)COc2ccc3oc4c(c3c2)CCCC4)CC1. The van der Waals surface area contributed by atoms with Gasteiger partial charge in [0.05, 0.1) is 0 Å². The number of carbonyl (C=O) groups is 1. The highest BCUT2D eigenvalue weighted by Gasteiger charge is 2.21. The number of ether oxygens (including phenoxy) is 1. The highest BCUT2D eigenvalue weighted by Crippen LogP contribution is 2.33. The predicted octanol–water partition coefficient (Wildman–Crippen LogP) is 3.68. The van der Waals surface area contributed by atoms with E-state index in [1.54, 1.807) is 0 Å². The first-order valence-corrected chi connectivity index (χ1v) is 10.4. The molecule has 27 heavy (non-hydrogen) atoms. The summed E-state index contributed by atoms with van der Waals surface area (Å²) in [7, 11) is 0. The summed E-state index contributed by atoms with van der Waals surface area (Å²) in [5.74, 6) is 1.84. The van der Waals surface area contributed by atoms with Crippen molar-refractivity contribution in [3.05, 3.63) is 29.5 Å². The smallest absolute Gasteiger partial charge is 0.258 e. The quantitative estimate of drug-likeness (QED) is 0.843. The Hall–Kier alpha value is -2.01. The summed E-state index contributed by atoms with van der Waals surface area (Å²) in [5, 5.41) is 4.27. The van der Waals surface area contributed by atoms with Crippen LogP contribution in [0.15, 0.2) is 22.6 Å². The van der Waals surface area contributed by atoms with Gasteiger partial charge in [-0.1, -0.05) is 6.92 Å². The molecule has 1 aromatic heterocycles. The third-order valence-corrected chi connectivity index (χ3v) is 5.79. The molecule has 0 saturated carbocycles. The van der Waals surface area contributed by atoms with Crippen LogP contribution in [0.5, 0.6) is 5.75 Å². The van der Waals surface area contributed by atoms with Crippen LogP contribution < -0.4 is 10.1 Å². The standard InChI is InChI=1S/C22H30N2O3/c1-2-11-24-12-9-16(10-13-24)23-22(25)15-26-17-7-8-21-19(14-17)18-5-3-4-6-20(18)27-21/h7-8,14,16H,2-6,9-13,15H2,1H3,(H,23,25). The van der Waals surface area contributed by atoms with E-state index in [9.17, 15) is 4.79 Å². The molecule has 1 aliphatic heterocycles. The van der Waals surface area contributed by atoms with Gasteiger partial charge in [0.1, 0.15) is 17.1 Å². The average Bonchev–Trinajstić information content (AvgIpc) is 3.06.